The van der Waals surface area contributed by atoms with E-state index in [1.54, 1.807) is 0 Å². The first-order valence-electron chi connectivity index (χ1n) is 8.80. The van der Waals surface area contributed by atoms with Gasteiger partial charge in [0.2, 0.25) is 7.16 Å². The molecule has 0 spiro atoms. The number of carbonyl (C=O) groups is 1. The molecular formula is C6H13NO21S5. The molecule has 0 saturated carbocycles. The van der Waals surface area contributed by atoms with E-state index in [0.717, 1.165) is 0 Å². The molecule has 0 aliphatic carbocycles. The van der Waals surface area contributed by atoms with Crippen molar-refractivity contribution < 1.29 is 90.6 Å². The lowest BCUT2D eigenvalue weighted by atomic mass is 10.0. The van der Waals surface area contributed by atoms with Crippen molar-refractivity contribution in [1.29, 1.82) is 7.16 Å². The van der Waals surface area contributed by atoms with Gasteiger partial charge in [0.05, 0.1) is 6.61 Å². The van der Waals surface area contributed by atoms with Gasteiger partial charge in [-0.3, -0.25) is 27.6 Å². The van der Waals surface area contributed by atoms with Gasteiger partial charge in [-0.15, -0.1) is 0 Å². The molecule has 0 radical (unpaired) electrons. The summed E-state index contributed by atoms with van der Waals surface area (Å²) in [5, 5.41) is 0. The molecule has 0 aromatic rings. The Morgan fingerprint density at radius 1 is 0.667 bits per heavy atom. The predicted molar refractivity (Wildman–Crippen MR) is 92.4 cm³/mol. The SMILES string of the molecule is [2H]OS(=O)(=O)OC[C@@H](OS(=O)(=O)O[2H])[C@H](OS(=O)(=O)O[2H])[C@@H](OS(=O)(=O)O[2H])[C@@H](OS(=O)(=O)O[2H])C(N)=O. The fourth-order valence-corrected chi connectivity index (χ4v) is 3.96. The summed E-state index contributed by atoms with van der Waals surface area (Å²) in [4.78, 5) is 11.9. The summed E-state index contributed by atoms with van der Waals surface area (Å²) in [5.74, 6) is -2.19. The van der Waals surface area contributed by atoms with Gasteiger partial charge in [-0.05, 0) is 0 Å². The van der Waals surface area contributed by atoms with E-state index < -0.39 is 88.9 Å². The molecule has 0 heterocycles. The van der Waals surface area contributed by atoms with Crippen LogP contribution in [0.5, 0.6) is 0 Å². The summed E-state index contributed by atoms with van der Waals surface area (Å²) in [6, 6.07) is 0. The fraction of sp³-hybridized carbons (Fsp3) is 0.833. The monoisotopic (exact) mass is 600 g/mol. The molecule has 0 unspecified atom stereocenters. The third-order valence-electron chi connectivity index (χ3n) is 2.57. The van der Waals surface area contributed by atoms with Gasteiger partial charge < -0.3 is 5.73 Å². The quantitative estimate of drug-likeness (QED) is 0.0712. The number of amides is 1. The Hall–Kier alpha value is -1.18. The van der Waals surface area contributed by atoms with Gasteiger partial charge in [0.15, 0.2) is 6.10 Å². The van der Waals surface area contributed by atoms with Crippen LogP contribution in [0.2, 0.25) is 0 Å². The van der Waals surface area contributed by atoms with E-state index in [-0.39, 0.29) is 0 Å². The standard InChI is InChI=1S/C6H13NO21S5/c7-6(8)5(28-33(21,22)23)4(27-32(18,19)20)3(26-31(15,16)17)2(25-30(12,13)14)1-24-29(9,10)11/h2-5H,1H2,(H2,7,8)(H,9,10,11)(H,12,13,14)(H,15,16,17)(H,18,19,20)(H,21,22,23)/t2-,3+,4-,5-/m1/s1/i/hD5. The molecule has 0 aromatic carbocycles. The highest BCUT2D eigenvalue weighted by molar-refractivity contribution is 7.82. The van der Waals surface area contributed by atoms with Crippen LogP contribution in [0, 0.1) is 0 Å². The Kier molecular flexibility index (Phi) is 7.88. The molecule has 1 amide bonds. The smallest absolute Gasteiger partial charge is 0.367 e. The van der Waals surface area contributed by atoms with Gasteiger partial charge in [-0.2, -0.15) is 42.1 Å². The molecule has 0 fully saturated rings. The summed E-state index contributed by atoms with van der Waals surface area (Å²) in [5.41, 5.74) is 4.85. The first kappa shape index (κ1) is 23.6. The van der Waals surface area contributed by atoms with E-state index >= 15 is 0 Å². The summed E-state index contributed by atoms with van der Waals surface area (Å²) in [6.45, 7) is -1.99. The predicted octanol–water partition coefficient (Wildman–Crippen LogP) is -4.96. The number of hydrogen-bond donors (Lipinski definition) is 6. The van der Waals surface area contributed by atoms with Crippen LogP contribution in [0.15, 0.2) is 0 Å². The Morgan fingerprint density at radius 3 is 1.48 bits per heavy atom. The molecule has 0 bridgehead atoms. The number of carbonyl (C=O) groups excluding carboxylic acids is 1. The van der Waals surface area contributed by atoms with Gasteiger partial charge >= 0.3 is 52.0 Å². The topological polar surface area (TPSA) is 361 Å². The van der Waals surface area contributed by atoms with Crippen LogP contribution in [0.3, 0.4) is 0 Å². The van der Waals surface area contributed by atoms with Crippen molar-refractivity contribution in [3.63, 3.8) is 0 Å². The van der Waals surface area contributed by atoms with Crippen LogP contribution in [-0.4, -0.2) is 102 Å². The second-order valence-electron chi connectivity index (χ2n) is 5.00. The molecule has 0 saturated heterocycles. The summed E-state index contributed by atoms with van der Waals surface area (Å²) in [6.07, 6.45) is -13.2. The first-order chi connectivity index (χ1) is 17.1. The van der Waals surface area contributed by atoms with Crippen molar-refractivity contribution in [3.05, 3.63) is 0 Å². The Balaban J connectivity index is 7.36. The van der Waals surface area contributed by atoms with Gasteiger partial charge in [0.25, 0.3) is 5.91 Å². The Morgan fingerprint density at radius 2 is 1.06 bits per heavy atom. The van der Waals surface area contributed by atoms with Crippen molar-refractivity contribution in [2.24, 2.45) is 5.73 Å². The average molecular weight is 601 g/mol. The molecular weight excluding hydrogens is 582 g/mol. The molecule has 33 heavy (non-hydrogen) atoms. The lowest BCUT2D eigenvalue weighted by Crippen LogP contribution is -2.56. The average Bonchev–Trinajstić information content (AvgIpc) is 2.82. The maximum Gasteiger partial charge on any atom is 0.398 e. The zero-order valence-electron chi connectivity index (χ0n) is 19.7. The maximum atomic E-state index is 11.9. The van der Waals surface area contributed by atoms with Gasteiger partial charge in [-0.25, -0.2) is 20.9 Å². The molecule has 198 valence electrons. The van der Waals surface area contributed by atoms with Gasteiger partial charge in [0, 0.05) is 0 Å². The lowest BCUT2D eigenvalue weighted by Gasteiger charge is -2.32. The van der Waals surface area contributed by atoms with E-state index in [9.17, 15) is 46.9 Å². The second-order valence-corrected chi connectivity index (χ2v) is 10.1. The van der Waals surface area contributed by atoms with Crippen LogP contribution in [-0.2, 0) is 77.7 Å². The van der Waals surface area contributed by atoms with E-state index in [1.807, 2.05) is 0 Å². The van der Waals surface area contributed by atoms with E-state index in [2.05, 4.69) is 43.7 Å². The first-order valence-corrected chi connectivity index (χ1v) is 13.4. The van der Waals surface area contributed by atoms with Crippen molar-refractivity contribution in [2.75, 3.05) is 6.61 Å². The zero-order valence-corrected chi connectivity index (χ0v) is 18.8. The highest BCUT2D eigenvalue weighted by atomic mass is 32.3. The fourth-order valence-electron chi connectivity index (χ4n) is 1.75. The minimum Gasteiger partial charge on any atom is -0.367 e. The normalized spacial score (nSPS) is 19.7. The van der Waals surface area contributed by atoms with Crippen molar-refractivity contribution >= 4 is 57.9 Å². The van der Waals surface area contributed by atoms with E-state index in [0.29, 0.717) is 0 Å². The maximum absolute atomic E-state index is 11.9. The highest BCUT2D eigenvalue weighted by Gasteiger charge is 2.48. The van der Waals surface area contributed by atoms with Crippen LogP contribution in [0.4, 0.5) is 0 Å². The molecule has 4 atom stereocenters. The molecule has 0 aliphatic heterocycles. The Labute approximate surface area is 192 Å². The van der Waals surface area contributed by atoms with Crippen LogP contribution in [0.25, 0.3) is 7.16 Å². The third kappa shape index (κ3) is 15.4. The second kappa shape index (κ2) is 11.0. The zero-order chi connectivity index (χ0) is 30.2. The molecule has 7 N–H and O–H groups in total. The third-order valence-corrected chi connectivity index (χ3v) is 4.83. The molecule has 27 heteroatoms. The summed E-state index contributed by atoms with van der Waals surface area (Å²) < 4.78 is 183. The molecule has 22 nitrogen and oxygen atoms in total. The number of primary amides is 1. The van der Waals surface area contributed by atoms with Crippen LogP contribution < -0.4 is 5.73 Å². The minimum atomic E-state index is -5.86. The van der Waals surface area contributed by atoms with Crippen molar-refractivity contribution in [1.82, 2.24) is 0 Å². The van der Waals surface area contributed by atoms with Crippen molar-refractivity contribution in [2.45, 2.75) is 24.4 Å². The van der Waals surface area contributed by atoms with E-state index in [4.69, 9.17) is 12.9 Å². The van der Waals surface area contributed by atoms with Crippen LogP contribution >= 0.6 is 0 Å². The van der Waals surface area contributed by atoms with Gasteiger partial charge in [0.1, 0.15) is 18.3 Å². The number of rotatable bonds is 20. The van der Waals surface area contributed by atoms with E-state index in [1.165, 1.54) is 0 Å². The minimum absolute atomic E-state index is 1.99. The highest BCUT2D eigenvalue weighted by Crippen LogP contribution is 2.23. The lowest BCUT2D eigenvalue weighted by molar-refractivity contribution is -0.136. The number of hydrogen-bond acceptors (Lipinski definition) is 21. The van der Waals surface area contributed by atoms with Crippen LogP contribution in [0.1, 0.15) is 0 Å². The summed E-state index contributed by atoms with van der Waals surface area (Å²) in [7, 11) is -28.6. The molecule has 0 aromatic heterocycles. The Bertz CT molecular complexity index is 1330. The molecule has 0 aliphatic rings. The van der Waals surface area contributed by atoms with Gasteiger partial charge in [-0.1, -0.05) is 0 Å². The molecule has 0 rings (SSSR count). The largest absolute Gasteiger partial charge is 0.398 e. The number of nitrogens with two attached hydrogens (primary N) is 1. The van der Waals surface area contributed by atoms with Crippen molar-refractivity contribution in [3.8, 4) is 0 Å². The summed E-state index contributed by atoms with van der Waals surface area (Å²) >= 11 is 0.